The van der Waals surface area contributed by atoms with Gasteiger partial charge in [0.25, 0.3) is 0 Å². The van der Waals surface area contributed by atoms with Crippen LogP contribution < -0.4 is 15.1 Å². The minimum atomic E-state index is -4.84. The van der Waals surface area contributed by atoms with Crippen molar-refractivity contribution in [3.05, 3.63) is 110 Å². The van der Waals surface area contributed by atoms with E-state index in [2.05, 4.69) is 5.32 Å². The quantitative estimate of drug-likeness (QED) is 0.223. The van der Waals surface area contributed by atoms with Crippen LogP contribution in [0.5, 0.6) is 0 Å². The number of carbonyl (C=O) groups excluding carboxylic acids is 3. The molecule has 13 heteroatoms. The molecule has 0 radical (unpaired) electrons. The van der Waals surface area contributed by atoms with Crippen LogP contribution in [0.2, 0.25) is 0 Å². The van der Waals surface area contributed by atoms with Crippen molar-refractivity contribution in [3.8, 4) is 0 Å². The first kappa shape index (κ1) is 28.9. The second kappa shape index (κ2) is 10.8. The van der Waals surface area contributed by atoms with Crippen LogP contribution in [0.25, 0.3) is 0 Å². The molecule has 1 aromatic heterocycles. The number of carbonyl (C=O) groups is 3. The molecule has 7 nitrogen and oxygen atoms in total. The predicted molar refractivity (Wildman–Crippen MR) is 154 cm³/mol. The van der Waals surface area contributed by atoms with Gasteiger partial charge < -0.3 is 5.32 Å². The van der Waals surface area contributed by atoms with Crippen molar-refractivity contribution >= 4 is 52.2 Å². The van der Waals surface area contributed by atoms with Crippen molar-refractivity contribution < 1.29 is 31.9 Å². The smallest absolute Gasteiger partial charge is 0.325 e. The number of amides is 3. The summed E-state index contributed by atoms with van der Waals surface area (Å²) < 4.78 is 56.8. The second-order valence-electron chi connectivity index (χ2n) is 10.2. The molecule has 3 heterocycles. The number of benzene rings is 3. The molecule has 0 bridgehead atoms. The van der Waals surface area contributed by atoms with Gasteiger partial charge in [0.2, 0.25) is 17.7 Å². The molecule has 4 aromatic rings. The van der Waals surface area contributed by atoms with E-state index in [4.69, 9.17) is 0 Å². The number of alkyl halides is 3. The molecule has 1 saturated heterocycles. The number of aryl methyl sites for hydroxylation is 1. The van der Waals surface area contributed by atoms with Crippen LogP contribution in [0.15, 0.2) is 82.6 Å². The molecule has 3 aromatic carbocycles. The third-order valence-corrected chi connectivity index (χ3v) is 9.94. The first-order chi connectivity index (χ1) is 20.4. The fourth-order valence-electron chi connectivity index (χ4n) is 5.50. The van der Waals surface area contributed by atoms with Crippen molar-refractivity contribution in [2.75, 3.05) is 10.2 Å². The number of nitrogens with zero attached hydrogens (tertiary/aromatic N) is 2. The van der Waals surface area contributed by atoms with Crippen LogP contribution >= 0.6 is 23.1 Å². The van der Waals surface area contributed by atoms with E-state index in [1.54, 1.807) is 18.2 Å². The average molecular weight is 628 g/mol. The lowest BCUT2D eigenvalue weighted by molar-refractivity contribution is -0.137. The number of hydrogen-bond acceptors (Lipinski definition) is 6. The van der Waals surface area contributed by atoms with Gasteiger partial charge in [0.15, 0.2) is 0 Å². The van der Waals surface area contributed by atoms with Gasteiger partial charge in [0.1, 0.15) is 17.6 Å². The maximum atomic E-state index is 13.9. The summed E-state index contributed by atoms with van der Waals surface area (Å²) in [6, 6.07) is 16.6. The molecule has 220 valence electrons. The average Bonchev–Trinajstić information content (AvgIpc) is 3.39. The summed E-state index contributed by atoms with van der Waals surface area (Å²) in [6.45, 7) is 1.45. The Morgan fingerprint density at radius 1 is 0.953 bits per heavy atom. The Hall–Kier alpha value is -4.23. The number of thiazole rings is 1. The molecule has 3 atom stereocenters. The molecular weight excluding hydrogens is 606 g/mol. The van der Waals surface area contributed by atoms with Crippen LogP contribution in [-0.2, 0) is 27.1 Å². The molecular formula is C30H21F4N3O4S2. The van der Waals surface area contributed by atoms with Crippen LogP contribution in [0, 0.1) is 18.7 Å². The van der Waals surface area contributed by atoms with E-state index in [0.717, 1.165) is 40.8 Å². The lowest BCUT2D eigenvalue weighted by atomic mass is 9.83. The number of anilines is 2. The normalized spacial score (nSPS) is 19.7. The molecule has 0 aliphatic carbocycles. The summed E-state index contributed by atoms with van der Waals surface area (Å²) in [5.41, 5.74) is 0.110. The van der Waals surface area contributed by atoms with Gasteiger partial charge in [-0.15, -0.1) is 0 Å². The molecule has 3 unspecified atom stereocenters. The Morgan fingerprint density at radius 2 is 1.67 bits per heavy atom. The molecule has 2 aliphatic heterocycles. The van der Waals surface area contributed by atoms with Gasteiger partial charge in [-0.05, 0) is 54.4 Å². The molecule has 2 aliphatic rings. The highest BCUT2D eigenvalue weighted by molar-refractivity contribution is 8.00. The number of fused-ring (bicyclic) bond motifs is 2. The van der Waals surface area contributed by atoms with E-state index >= 15 is 0 Å². The zero-order valence-corrected chi connectivity index (χ0v) is 23.9. The van der Waals surface area contributed by atoms with Crippen molar-refractivity contribution in [1.82, 2.24) is 4.57 Å². The van der Waals surface area contributed by atoms with E-state index in [9.17, 15) is 36.7 Å². The summed E-state index contributed by atoms with van der Waals surface area (Å²) >= 11 is 1.66. The molecule has 6 rings (SSSR count). The number of hydrogen-bond donors (Lipinski definition) is 1. The Labute approximate surface area is 250 Å². The minimum absolute atomic E-state index is 0.261. The maximum Gasteiger partial charge on any atom is 0.418 e. The Bertz CT molecular complexity index is 1830. The monoisotopic (exact) mass is 627 g/mol. The summed E-state index contributed by atoms with van der Waals surface area (Å²) in [7, 11) is 0. The number of rotatable bonds is 5. The number of thioether (sulfide) groups is 1. The van der Waals surface area contributed by atoms with E-state index in [1.165, 1.54) is 41.0 Å². The van der Waals surface area contributed by atoms with Gasteiger partial charge in [0.05, 0.1) is 22.2 Å². The van der Waals surface area contributed by atoms with Crippen LogP contribution in [0.4, 0.5) is 28.9 Å². The highest BCUT2D eigenvalue weighted by Crippen LogP contribution is 2.54. The zero-order valence-electron chi connectivity index (χ0n) is 22.2. The molecule has 43 heavy (non-hydrogen) atoms. The minimum Gasteiger partial charge on any atom is -0.325 e. The predicted octanol–water partition coefficient (Wildman–Crippen LogP) is 5.81. The number of aromatic nitrogens is 1. The lowest BCUT2D eigenvalue weighted by Crippen LogP contribution is -2.33. The van der Waals surface area contributed by atoms with Crippen molar-refractivity contribution in [2.45, 2.75) is 35.8 Å². The summed E-state index contributed by atoms with van der Waals surface area (Å²) in [5.74, 6) is -4.92. The van der Waals surface area contributed by atoms with Gasteiger partial charge in [-0.25, -0.2) is 9.29 Å². The lowest BCUT2D eigenvalue weighted by Gasteiger charge is -2.30. The molecule has 3 amide bonds. The van der Waals surface area contributed by atoms with Crippen molar-refractivity contribution in [3.63, 3.8) is 0 Å². The number of para-hydroxylation sites is 1. The van der Waals surface area contributed by atoms with Gasteiger partial charge in [-0.3, -0.25) is 23.7 Å². The van der Waals surface area contributed by atoms with E-state index in [1.807, 2.05) is 13.0 Å². The van der Waals surface area contributed by atoms with Gasteiger partial charge >= 0.3 is 11.0 Å². The summed E-state index contributed by atoms with van der Waals surface area (Å²) in [6.07, 6.45) is -4.84. The fraction of sp³-hybridized carbons (Fsp3) is 0.200. The molecule has 0 saturated carbocycles. The Balaban J connectivity index is 1.43. The fourth-order valence-corrected chi connectivity index (χ4v) is 8.27. The Kier molecular flexibility index (Phi) is 7.25. The molecule has 1 N–H and O–H groups in total. The van der Waals surface area contributed by atoms with Crippen LogP contribution in [0.1, 0.15) is 27.5 Å². The summed E-state index contributed by atoms with van der Waals surface area (Å²) in [5, 5.41) is 1.80. The largest absolute Gasteiger partial charge is 0.418 e. The van der Waals surface area contributed by atoms with Crippen molar-refractivity contribution in [1.29, 1.82) is 0 Å². The SMILES string of the molecule is Cc1cccc(NC(=O)Cn2c3c(sc2=O)C(c2ccc(F)cc2)C2C(=O)N(c4ccccc4C(F)(F)F)C(=O)C2S3)c1. The Morgan fingerprint density at radius 3 is 2.37 bits per heavy atom. The standard InChI is InChI=1S/C30H21F4N3O4S2/c1-15-5-4-6-18(13-15)35-21(38)14-36-28-25(43-29(36)41)22(16-9-11-17(31)12-10-16)23-24(42-28)27(40)37(26(23)39)20-8-3-2-7-19(20)30(32,33)34/h2-13,22-24H,14H2,1H3,(H,35,38). The second-order valence-corrected chi connectivity index (χ2v) is 12.3. The highest BCUT2D eigenvalue weighted by atomic mass is 32.2. The topological polar surface area (TPSA) is 88.5 Å². The van der Waals surface area contributed by atoms with Gasteiger partial charge in [0, 0.05) is 16.5 Å². The first-order valence-corrected chi connectivity index (χ1v) is 14.7. The first-order valence-electron chi connectivity index (χ1n) is 13.0. The molecule has 1 fully saturated rings. The van der Waals surface area contributed by atoms with E-state index in [-0.39, 0.29) is 5.03 Å². The van der Waals surface area contributed by atoms with Gasteiger partial charge in [-0.1, -0.05) is 59.5 Å². The molecule has 0 spiro atoms. The number of nitrogens with one attached hydrogen (secondary N) is 1. The number of imide groups is 1. The van der Waals surface area contributed by atoms with Crippen LogP contribution in [-0.4, -0.2) is 27.5 Å². The van der Waals surface area contributed by atoms with Crippen LogP contribution in [0.3, 0.4) is 0 Å². The van der Waals surface area contributed by atoms with E-state index < -0.39 is 69.5 Å². The third kappa shape index (κ3) is 5.16. The summed E-state index contributed by atoms with van der Waals surface area (Å²) in [4.78, 5) is 54.3. The van der Waals surface area contributed by atoms with Gasteiger partial charge in [-0.2, -0.15) is 13.2 Å². The van der Waals surface area contributed by atoms with E-state index in [0.29, 0.717) is 21.0 Å². The third-order valence-electron chi connectivity index (χ3n) is 7.33. The highest BCUT2D eigenvalue weighted by Gasteiger charge is 2.57. The maximum absolute atomic E-state index is 13.9. The zero-order chi connectivity index (χ0) is 30.6. The van der Waals surface area contributed by atoms with Crippen molar-refractivity contribution in [2.24, 2.45) is 5.92 Å². The number of halogens is 4.